The molecule has 1 aromatic rings. The first-order valence-corrected chi connectivity index (χ1v) is 8.84. The quantitative estimate of drug-likeness (QED) is 0.346. The zero-order valence-corrected chi connectivity index (χ0v) is 15.6. The Bertz CT molecular complexity index is 530. The summed E-state index contributed by atoms with van der Waals surface area (Å²) in [7, 11) is 0. The second-order valence-corrected chi connectivity index (χ2v) is 5.66. The molecule has 1 fully saturated rings. The molecule has 0 bridgehead atoms. The minimum atomic E-state index is -0.992. The number of carbonyl (C=O) groups is 1. The maximum Gasteiger partial charge on any atom is 0.335 e. The Balaban J connectivity index is 1.32. The fourth-order valence-electron chi connectivity index (χ4n) is 2.18. The van der Waals surface area contributed by atoms with E-state index < -0.39 is 5.97 Å². The number of hydrogen-bond acceptors (Lipinski definition) is 9. The van der Waals surface area contributed by atoms with Gasteiger partial charge in [0.1, 0.15) is 5.75 Å². The molecule has 0 aliphatic carbocycles. The molecule has 1 N–H and O–H groups in total. The van der Waals surface area contributed by atoms with Gasteiger partial charge in [-0.25, -0.2) is 4.79 Å². The molecule has 1 aromatic carbocycles. The normalized spacial score (nSPS) is 16.8. The third-order valence-electron chi connectivity index (χ3n) is 3.55. The van der Waals surface area contributed by atoms with Crippen molar-refractivity contribution in [2.24, 2.45) is 0 Å². The van der Waals surface area contributed by atoms with Crippen LogP contribution in [-0.4, -0.2) is 64.7 Å². The fraction of sp³-hybridized carbons (Fsp3) is 0.611. The Morgan fingerprint density at radius 1 is 0.893 bits per heavy atom. The van der Waals surface area contributed by atoms with E-state index in [1.807, 2.05) is 0 Å². The fourth-order valence-corrected chi connectivity index (χ4v) is 2.18. The average Bonchev–Trinajstić information content (AvgIpc) is 2.72. The first kappa shape index (κ1) is 22.5. The molecule has 1 heterocycles. The molecule has 158 valence electrons. The number of benzene rings is 1. The lowest BCUT2D eigenvalue weighted by Gasteiger charge is -2.22. The molecule has 2 rings (SSSR count). The predicted molar refractivity (Wildman–Crippen MR) is 93.3 cm³/mol. The summed E-state index contributed by atoms with van der Waals surface area (Å²) >= 11 is 0. The van der Waals surface area contributed by atoms with E-state index in [2.05, 4.69) is 0 Å². The van der Waals surface area contributed by atoms with E-state index in [1.54, 1.807) is 12.1 Å². The highest BCUT2D eigenvalue weighted by atomic mass is 16.8. The largest absolute Gasteiger partial charge is 0.478 e. The molecule has 0 spiro atoms. The molecule has 1 unspecified atom stereocenters. The molecule has 0 amide bonds. The van der Waals surface area contributed by atoms with E-state index in [0.29, 0.717) is 5.75 Å². The Morgan fingerprint density at radius 2 is 1.50 bits per heavy atom. The van der Waals surface area contributed by atoms with Crippen LogP contribution in [0.2, 0.25) is 0 Å². The van der Waals surface area contributed by atoms with Crippen molar-refractivity contribution in [1.82, 2.24) is 0 Å². The van der Waals surface area contributed by atoms with Crippen LogP contribution in [0.3, 0.4) is 0 Å². The zero-order chi connectivity index (χ0) is 19.9. The van der Waals surface area contributed by atoms with Crippen LogP contribution >= 0.6 is 0 Å². The monoisotopic (exact) mass is 402 g/mol. The van der Waals surface area contributed by atoms with Gasteiger partial charge in [-0.05, 0) is 43.5 Å². The van der Waals surface area contributed by atoms with Crippen molar-refractivity contribution in [2.45, 2.75) is 25.6 Å². The lowest BCUT2D eigenvalue weighted by atomic mass is 10.2. The molecule has 1 atom stereocenters. The molecule has 0 radical (unpaired) electrons. The Hall–Kier alpha value is -1.79. The predicted octanol–water partition coefficient (Wildman–Crippen LogP) is 2.13. The van der Waals surface area contributed by atoms with Crippen LogP contribution in [0.5, 0.6) is 5.75 Å². The van der Waals surface area contributed by atoms with Gasteiger partial charge in [0, 0.05) is 6.61 Å². The van der Waals surface area contributed by atoms with Crippen molar-refractivity contribution < 1.29 is 47.8 Å². The second-order valence-electron chi connectivity index (χ2n) is 5.66. The molecule has 0 saturated carbocycles. The van der Waals surface area contributed by atoms with Gasteiger partial charge in [-0.3, -0.25) is 0 Å². The highest BCUT2D eigenvalue weighted by molar-refractivity contribution is 5.87. The van der Waals surface area contributed by atoms with Crippen molar-refractivity contribution in [2.75, 3.05) is 47.4 Å². The van der Waals surface area contributed by atoms with E-state index in [0.717, 1.165) is 25.9 Å². The second kappa shape index (κ2) is 14.2. The Morgan fingerprint density at radius 3 is 2.07 bits per heavy atom. The van der Waals surface area contributed by atoms with Gasteiger partial charge in [0.15, 0.2) is 47.0 Å². The zero-order valence-electron chi connectivity index (χ0n) is 15.6. The molecule has 10 nitrogen and oxygen atoms in total. The van der Waals surface area contributed by atoms with Gasteiger partial charge in [-0.15, -0.1) is 0 Å². The summed E-state index contributed by atoms with van der Waals surface area (Å²) in [5.74, 6) is -0.497. The van der Waals surface area contributed by atoms with E-state index in [-0.39, 0.29) is 52.6 Å². The van der Waals surface area contributed by atoms with Crippen molar-refractivity contribution in [3.63, 3.8) is 0 Å². The number of hydrogen-bond donors (Lipinski definition) is 1. The van der Waals surface area contributed by atoms with Crippen molar-refractivity contribution >= 4 is 5.97 Å². The van der Waals surface area contributed by atoms with Crippen LogP contribution < -0.4 is 4.74 Å². The SMILES string of the molecule is O=C(O)c1ccc(OCOCOCOCOCOCOC2CCCCO2)cc1. The third kappa shape index (κ3) is 9.95. The van der Waals surface area contributed by atoms with Crippen LogP contribution in [0, 0.1) is 0 Å². The average molecular weight is 402 g/mol. The highest BCUT2D eigenvalue weighted by Crippen LogP contribution is 2.13. The molecule has 10 heteroatoms. The van der Waals surface area contributed by atoms with Crippen molar-refractivity contribution in [3.05, 3.63) is 29.8 Å². The van der Waals surface area contributed by atoms with E-state index in [4.69, 9.17) is 43.0 Å². The van der Waals surface area contributed by atoms with Crippen molar-refractivity contribution in [3.8, 4) is 5.75 Å². The van der Waals surface area contributed by atoms with Crippen molar-refractivity contribution in [1.29, 1.82) is 0 Å². The number of ether oxygens (including phenoxy) is 8. The van der Waals surface area contributed by atoms with Gasteiger partial charge in [0.05, 0.1) is 5.56 Å². The van der Waals surface area contributed by atoms with Crippen LogP contribution in [-0.2, 0) is 33.2 Å². The van der Waals surface area contributed by atoms with Gasteiger partial charge in [-0.1, -0.05) is 0 Å². The number of carboxylic acid groups (broad SMARTS) is 1. The molecular weight excluding hydrogens is 376 g/mol. The summed E-state index contributed by atoms with van der Waals surface area (Å²) in [5, 5.41) is 8.79. The molecule has 0 aromatic heterocycles. The van der Waals surface area contributed by atoms with E-state index in [9.17, 15) is 4.79 Å². The van der Waals surface area contributed by atoms with Gasteiger partial charge in [0.2, 0.25) is 0 Å². The summed E-state index contributed by atoms with van der Waals surface area (Å²) in [6.45, 7) is 0.795. The Labute approximate surface area is 163 Å². The first-order chi connectivity index (χ1) is 13.8. The summed E-state index contributed by atoms with van der Waals surface area (Å²) in [5.41, 5.74) is 0.187. The first-order valence-electron chi connectivity index (χ1n) is 8.84. The minimum Gasteiger partial charge on any atom is -0.478 e. The van der Waals surface area contributed by atoms with Crippen LogP contribution in [0.1, 0.15) is 29.6 Å². The highest BCUT2D eigenvalue weighted by Gasteiger charge is 2.13. The minimum absolute atomic E-state index is 0.00630. The van der Waals surface area contributed by atoms with Gasteiger partial charge in [0.25, 0.3) is 0 Å². The van der Waals surface area contributed by atoms with Crippen LogP contribution in [0.25, 0.3) is 0 Å². The topological polar surface area (TPSA) is 111 Å². The molecule has 1 aliphatic rings. The van der Waals surface area contributed by atoms with Crippen LogP contribution in [0.4, 0.5) is 0 Å². The lowest BCUT2D eigenvalue weighted by Crippen LogP contribution is -2.23. The molecular formula is C18H26O10. The molecule has 28 heavy (non-hydrogen) atoms. The maximum atomic E-state index is 10.7. The van der Waals surface area contributed by atoms with Gasteiger partial charge >= 0.3 is 5.97 Å². The van der Waals surface area contributed by atoms with Crippen LogP contribution in [0.15, 0.2) is 24.3 Å². The number of rotatable bonds is 15. The lowest BCUT2D eigenvalue weighted by molar-refractivity contribution is -0.243. The number of carboxylic acids is 1. The van der Waals surface area contributed by atoms with E-state index in [1.165, 1.54) is 12.1 Å². The maximum absolute atomic E-state index is 10.7. The molecule has 1 saturated heterocycles. The summed E-state index contributed by atoms with van der Waals surface area (Å²) in [6.07, 6.45) is 2.87. The third-order valence-corrected chi connectivity index (χ3v) is 3.55. The summed E-state index contributed by atoms with van der Waals surface area (Å²) in [6, 6.07) is 5.98. The van der Waals surface area contributed by atoms with Gasteiger partial charge in [-0.2, -0.15) is 0 Å². The summed E-state index contributed by atoms with van der Waals surface area (Å²) < 4.78 is 41.5. The van der Waals surface area contributed by atoms with E-state index >= 15 is 0 Å². The summed E-state index contributed by atoms with van der Waals surface area (Å²) in [4.78, 5) is 10.7. The standard InChI is InChI=1S/C18H26O10/c19-18(20)15-4-6-16(7-5-15)27-13-24-11-22-9-21-10-23-12-25-14-28-17-3-1-2-8-26-17/h4-7,17H,1-3,8-14H2,(H,19,20). The number of aromatic carboxylic acids is 1. The molecule has 1 aliphatic heterocycles. The van der Waals surface area contributed by atoms with Gasteiger partial charge < -0.3 is 43.0 Å². The smallest absolute Gasteiger partial charge is 0.335 e. The Kier molecular flexibility index (Phi) is 11.4.